The minimum Gasteiger partial charge on any atom is -0.344 e. The van der Waals surface area contributed by atoms with Gasteiger partial charge in [0.05, 0.1) is 5.71 Å². The van der Waals surface area contributed by atoms with Gasteiger partial charge in [-0.25, -0.2) is 9.59 Å². The molecule has 0 radical (unpaired) electrons. The van der Waals surface area contributed by atoms with Gasteiger partial charge >= 0.3 is 11.9 Å². The molecule has 0 saturated carbocycles. The SMILES string of the molecule is CC(=O)O/N=C(\C)C(=O)c1ccc(Sc2ccc(C)cc2)cc1.CC(=O)O/N=C(\C)c1ccc2c(c1)c1cc(C)ccc1n2C. The third-order valence-corrected chi connectivity index (χ3v) is 7.92. The summed E-state index contributed by atoms with van der Waals surface area (Å²) in [6, 6.07) is 28.1. The smallest absolute Gasteiger partial charge is 0.331 e. The second kappa shape index (κ2) is 14.6. The lowest BCUT2D eigenvalue weighted by Crippen LogP contribution is -2.11. The number of carbonyl (C=O) groups is 3. The van der Waals surface area contributed by atoms with Crippen molar-refractivity contribution in [2.45, 2.75) is 51.3 Å². The number of benzene rings is 4. The molecule has 0 spiro atoms. The monoisotopic (exact) mass is 621 g/mol. The van der Waals surface area contributed by atoms with Gasteiger partial charge < -0.3 is 14.2 Å². The van der Waals surface area contributed by atoms with E-state index in [1.165, 1.54) is 53.7 Å². The molecule has 0 amide bonds. The number of aryl methyl sites for hydroxylation is 3. The Morgan fingerprint density at radius 2 is 1.11 bits per heavy atom. The van der Waals surface area contributed by atoms with E-state index in [0.717, 1.165) is 15.4 Å². The lowest BCUT2D eigenvalue weighted by atomic mass is 10.1. The van der Waals surface area contributed by atoms with Gasteiger partial charge in [-0.05, 0) is 93.9 Å². The van der Waals surface area contributed by atoms with E-state index in [4.69, 9.17) is 4.84 Å². The summed E-state index contributed by atoms with van der Waals surface area (Å²) in [5.41, 5.74) is 7.10. The number of oxime groups is 2. The van der Waals surface area contributed by atoms with Gasteiger partial charge in [-0.15, -0.1) is 0 Å². The van der Waals surface area contributed by atoms with Crippen LogP contribution in [0.4, 0.5) is 0 Å². The number of Topliss-reactive ketones (excluding diaryl/α,β-unsaturated/α-hetero) is 1. The molecule has 9 heteroatoms. The summed E-state index contributed by atoms with van der Waals surface area (Å²) in [6.07, 6.45) is 0. The van der Waals surface area contributed by atoms with Crippen molar-refractivity contribution in [3.05, 3.63) is 107 Å². The first-order valence-corrected chi connectivity index (χ1v) is 15.1. The first-order valence-electron chi connectivity index (χ1n) is 14.3. The van der Waals surface area contributed by atoms with Gasteiger partial charge in [0.15, 0.2) is 0 Å². The summed E-state index contributed by atoms with van der Waals surface area (Å²) < 4.78 is 2.19. The highest BCUT2D eigenvalue weighted by Gasteiger charge is 2.12. The Morgan fingerprint density at radius 1 is 0.622 bits per heavy atom. The van der Waals surface area contributed by atoms with Crippen LogP contribution in [0.2, 0.25) is 0 Å². The Hall–Kier alpha value is -5.02. The summed E-state index contributed by atoms with van der Waals surface area (Å²) >= 11 is 1.63. The molecule has 45 heavy (non-hydrogen) atoms. The van der Waals surface area contributed by atoms with Crippen LogP contribution in [0.25, 0.3) is 21.8 Å². The van der Waals surface area contributed by atoms with Crippen molar-refractivity contribution in [3.63, 3.8) is 0 Å². The first kappa shape index (κ1) is 32.9. The van der Waals surface area contributed by atoms with E-state index in [9.17, 15) is 14.4 Å². The van der Waals surface area contributed by atoms with Crippen molar-refractivity contribution < 1.29 is 24.1 Å². The van der Waals surface area contributed by atoms with Gasteiger partial charge in [-0.2, -0.15) is 0 Å². The zero-order chi connectivity index (χ0) is 32.7. The van der Waals surface area contributed by atoms with E-state index in [1.54, 1.807) is 23.9 Å². The normalized spacial score (nSPS) is 11.6. The molecular formula is C36H35N3O5S. The molecule has 5 rings (SSSR count). The Morgan fingerprint density at radius 3 is 1.71 bits per heavy atom. The molecule has 1 heterocycles. The lowest BCUT2D eigenvalue weighted by molar-refractivity contribution is -0.141. The minimum atomic E-state index is -0.554. The van der Waals surface area contributed by atoms with Gasteiger partial charge in [0.25, 0.3) is 0 Å². The highest BCUT2D eigenvalue weighted by molar-refractivity contribution is 7.99. The van der Waals surface area contributed by atoms with Crippen LogP contribution in [-0.4, -0.2) is 33.7 Å². The standard InChI is InChI=1S/C18H18N2O2.C18H17NO3S/c1-11-5-7-17-15(9-11)16-10-14(6-8-18(16)20(17)4)12(2)19-22-13(3)21;1-12-4-8-16(9-5-12)23-17-10-6-15(7-11-17)18(21)13(2)19-22-14(3)20/h5-10H,1-4H3;4-11H,1-3H3/b19-12+;19-13+. The van der Waals surface area contributed by atoms with E-state index in [0.29, 0.717) is 11.3 Å². The van der Waals surface area contributed by atoms with E-state index >= 15 is 0 Å². The van der Waals surface area contributed by atoms with Crippen molar-refractivity contribution in [2.24, 2.45) is 17.4 Å². The van der Waals surface area contributed by atoms with Gasteiger partial charge in [0.2, 0.25) is 5.78 Å². The number of hydrogen-bond acceptors (Lipinski definition) is 8. The van der Waals surface area contributed by atoms with Gasteiger partial charge in [0, 0.05) is 58.1 Å². The number of fused-ring (bicyclic) bond motifs is 3. The number of nitrogens with zero attached hydrogens (tertiary/aromatic N) is 3. The summed E-state index contributed by atoms with van der Waals surface area (Å²) in [4.78, 5) is 45.1. The Bertz CT molecular complexity index is 1940. The van der Waals surface area contributed by atoms with Gasteiger partial charge in [0.1, 0.15) is 5.71 Å². The highest BCUT2D eigenvalue weighted by Crippen LogP contribution is 2.30. The fourth-order valence-corrected chi connectivity index (χ4v) is 5.36. The lowest BCUT2D eigenvalue weighted by Gasteiger charge is -2.04. The van der Waals surface area contributed by atoms with E-state index in [1.807, 2.05) is 25.1 Å². The molecule has 5 aromatic rings. The number of carbonyl (C=O) groups excluding carboxylic acids is 3. The summed E-state index contributed by atoms with van der Waals surface area (Å²) in [6.45, 7) is 10.1. The molecule has 0 fully saturated rings. The van der Waals surface area contributed by atoms with Crippen molar-refractivity contribution in [1.82, 2.24) is 4.57 Å². The molecule has 0 aliphatic rings. The van der Waals surface area contributed by atoms with Crippen molar-refractivity contribution in [1.29, 1.82) is 0 Å². The number of aromatic nitrogens is 1. The molecule has 0 atom stereocenters. The number of rotatable bonds is 7. The predicted molar refractivity (Wildman–Crippen MR) is 180 cm³/mol. The fraction of sp³-hybridized carbons (Fsp3) is 0.194. The minimum absolute atomic E-state index is 0.138. The molecule has 8 nitrogen and oxygen atoms in total. The maximum atomic E-state index is 12.1. The van der Waals surface area contributed by atoms with E-state index in [-0.39, 0.29) is 11.5 Å². The van der Waals surface area contributed by atoms with Crippen LogP contribution in [0.5, 0.6) is 0 Å². The zero-order valence-corrected chi connectivity index (χ0v) is 27.2. The Kier molecular flexibility index (Phi) is 10.7. The van der Waals surface area contributed by atoms with Crippen LogP contribution in [0, 0.1) is 13.8 Å². The van der Waals surface area contributed by atoms with Crippen LogP contribution in [0.3, 0.4) is 0 Å². The third-order valence-electron chi connectivity index (χ3n) is 6.90. The summed E-state index contributed by atoms with van der Waals surface area (Å²) in [5.74, 6) is -1.23. The molecule has 0 aliphatic carbocycles. The first-order chi connectivity index (χ1) is 21.4. The molecule has 0 N–H and O–H groups in total. The fourth-order valence-electron chi connectivity index (χ4n) is 4.54. The molecule has 0 aliphatic heterocycles. The molecule has 230 valence electrons. The molecule has 0 saturated heterocycles. The molecule has 0 bridgehead atoms. The summed E-state index contributed by atoms with van der Waals surface area (Å²) in [5, 5.41) is 9.77. The van der Waals surface area contributed by atoms with E-state index in [2.05, 4.69) is 95.2 Å². The molecular weight excluding hydrogens is 586 g/mol. The van der Waals surface area contributed by atoms with Crippen molar-refractivity contribution in [2.75, 3.05) is 0 Å². The maximum absolute atomic E-state index is 12.1. The Balaban J connectivity index is 0.000000205. The Labute approximate surface area is 266 Å². The average molecular weight is 622 g/mol. The number of hydrogen-bond donors (Lipinski definition) is 0. The molecule has 1 aromatic heterocycles. The van der Waals surface area contributed by atoms with Crippen LogP contribution in [-0.2, 0) is 26.3 Å². The third kappa shape index (κ3) is 8.55. The quantitative estimate of drug-likeness (QED) is 0.0786. The second-order valence-electron chi connectivity index (χ2n) is 10.6. The number of ketones is 1. The van der Waals surface area contributed by atoms with Crippen LogP contribution in [0.1, 0.15) is 54.7 Å². The highest BCUT2D eigenvalue weighted by atomic mass is 32.2. The second-order valence-corrected chi connectivity index (χ2v) is 11.7. The van der Waals surface area contributed by atoms with Gasteiger partial charge in [-0.3, -0.25) is 4.79 Å². The predicted octanol–water partition coefficient (Wildman–Crippen LogP) is 8.19. The average Bonchev–Trinajstić information content (AvgIpc) is 3.30. The van der Waals surface area contributed by atoms with Crippen LogP contribution < -0.4 is 0 Å². The van der Waals surface area contributed by atoms with Crippen LogP contribution in [0.15, 0.2) is 105 Å². The molecule has 0 unspecified atom stereocenters. The van der Waals surface area contributed by atoms with Crippen molar-refractivity contribution in [3.8, 4) is 0 Å². The molecule has 4 aromatic carbocycles. The summed E-state index contributed by atoms with van der Waals surface area (Å²) in [7, 11) is 2.07. The largest absolute Gasteiger partial charge is 0.344 e. The van der Waals surface area contributed by atoms with Crippen LogP contribution >= 0.6 is 11.8 Å². The maximum Gasteiger partial charge on any atom is 0.331 e. The van der Waals surface area contributed by atoms with Gasteiger partial charge in [-0.1, -0.05) is 57.5 Å². The van der Waals surface area contributed by atoms with Crippen molar-refractivity contribution >= 4 is 62.7 Å². The van der Waals surface area contributed by atoms with E-state index < -0.39 is 11.9 Å². The zero-order valence-electron chi connectivity index (χ0n) is 26.4. The topological polar surface area (TPSA) is 99.3 Å².